The van der Waals surface area contributed by atoms with Crippen LogP contribution in [0.2, 0.25) is 5.02 Å². The van der Waals surface area contributed by atoms with E-state index in [-0.39, 0.29) is 17.7 Å². The van der Waals surface area contributed by atoms with Crippen LogP contribution >= 0.6 is 11.6 Å². The molecule has 6 heteroatoms. The summed E-state index contributed by atoms with van der Waals surface area (Å²) in [5.41, 5.74) is 1.45. The summed E-state index contributed by atoms with van der Waals surface area (Å²) in [7, 11) is 0. The number of hydrogen-bond donors (Lipinski definition) is 0. The minimum absolute atomic E-state index is 0.0315. The number of aryl methyl sites for hydroxylation is 1. The monoisotopic (exact) mass is 350 g/mol. The third-order valence-corrected chi connectivity index (χ3v) is 4.91. The highest BCUT2D eigenvalue weighted by Gasteiger charge is 2.35. The van der Waals surface area contributed by atoms with Crippen LogP contribution in [0.4, 0.5) is 0 Å². The number of carbonyl (C=O) groups is 2. The van der Waals surface area contributed by atoms with Crippen LogP contribution in [0, 0.1) is 12.8 Å². The lowest BCUT2D eigenvalue weighted by atomic mass is 10.1. The molecule has 0 radical (unpaired) electrons. The average Bonchev–Trinajstić information content (AvgIpc) is 3.42. The Hall–Kier alpha value is -1.75. The minimum Gasteiger partial charge on any atom is -0.492 e. The van der Waals surface area contributed by atoms with Crippen LogP contribution in [0.15, 0.2) is 12.1 Å². The molecule has 0 N–H and O–H groups in total. The molecule has 5 nitrogen and oxygen atoms in total. The second-order valence-electron chi connectivity index (χ2n) is 6.42. The second-order valence-corrected chi connectivity index (χ2v) is 6.83. The van der Waals surface area contributed by atoms with Crippen molar-refractivity contribution in [1.29, 1.82) is 0 Å². The van der Waals surface area contributed by atoms with Gasteiger partial charge in [-0.2, -0.15) is 0 Å². The van der Waals surface area contributed by atoms with Crippen molar-refractivity contribution in [3.63, 3.8) is 0 Å². The Morgan fingerprint density at radius 1 is 1.17 bits per heavy atom. The molecule has 1 saturated carbocycles. The molecule has 24 heavy (non-hydrogen) atoms. The summed E-state index contributed by atoms with van der Waals surface area (Å²) >= 11 is 6.22. The van der Waals surface area contributed by atoms with Gasteiger partial charge < -0.3 is 14.5 Å². The molecule has 0 atom stereocenters. The zero-order chi connectivity index (χ0) is 17.3. The molecule has 2 aliphatic rings. The molecule has 1 aliphatic carbocycles. The standard InChI is InChI=1S/C18H23ClN2O3/c1-3-24-16-10-12(2)14(11-15(16)19)18(23)21-8-6-20(7-9-21)17(22)13-4-5-13/h10-11,13H,3-9H2,1-2H3. The van der Waals surface area contributed by atoms with E-state index < -0.39 is 0 Å². The van der Waals surface area contributed by atoms with Crippen molar-refractivity contribution < 1.29 is 14.3 Å². The normalized spacial score (nSPS) is 17.8. The molecule has 1 aromatic rings. The van der Waals surface area contributed by atoms with E-state index in [4.69, 9.17) is 16.3 Å². The van der Waals surface area contributed by atoms with Crippen LogP contribution in [-0.4, -0.2) is 54.4 Å². The molecule has 0 aromatic heterocycles. The Kier molecular flexibility index (Phi) is 4.99. The first-order valence-electron chi connectivity index (χ1n) is 8.52. The summed E-state index contributed by atoms with van der Waals surface area (Å²) in [5.74, 6) is 1.06. The largest absolute Gasteiger partial charge is 0.492 e. The molecular weight excluding hydrogens is 328 g/mol. The fourth-order valence-corrected chi connectivity index (χ4v) is 3.26. The van der Waals surface area contributed by atoms with E-state index in [0.717, 1.165) is 18.4 Å². The molecule has 1 aliphatic heterocycles. The highest BCUT2D eigenvalue weighted by atomic mass is 35.5. The summed E-state index contributed by atoms with van der Waals surface area (Å²) in [6, 6.07) is 3.50. The van der Waals surface area contributed by atoms with E-state index in [9.17, 15) is 9.59 Å². The van der Waals surface area contributed by atoms with Crippen molar-refractivity contribution >= 4 is 23.4 Å². The van der Waals surface area contributed by atoms with Crippen LogP contribution in [0.5, 0.6) is 5.75 Å². The highest BCUT2D eigenvalue weighted by molar-refractivity contribution is 6.32. The summed E-state index contributed by atoms with van der Waals surface area (Å²) in [5, 5.41) is 0.452. The quantitative estimate of drug-likeness (QED) is 0.839. The Bertz CT molecular complexity index is 650. The van der Waals surface area contributed by atoms with Gasteiger partial charge in [0, 0.05) is 37.7 Å². The van der Waals surface area contributed by atoms with E-state index in [2.05, 4.69) is 0 Å². The van der Waals surface area contributed by atoms with Crippen LogP contribution in [-0.2, 0) is 4.79 Å². The third-order valence-electron chi connectivity index (χ3n) is 4.61. The summed E-state index contributed by atoms with van der Waals surface area (Å²) in [6.45, 7) is 6.69. The van der Waals surface area contributed by atoms with Crippen molar-refractivity contribution in [2.45, 2.75) is 26.7 Å². The van der Waals surface area contributed by atoms with E-state index in [1.165, 1.54) is 0 Å². The van der Waals surface area contributed by atoms with Gasteiger partial charge in [-0.3, -0.25) is 9.59 Å². The molecule has 3 rings (SSSR count). The molecule has 2 amide bonds. The minimum atomic E-state index is -0.0315. The number of halogens is 1. The van der Waals surface area contributed by atoms with Gasteiger partial charge in [0.05, 0.1) is 11.6 Å². The van der Waals surface area contributed by atoms with Crippen molar-refractivity contribution in [2.24, 2.45) is 5.92 Å². The van der Waals surface area contributed by atoms with Crippen molar-refractivity contribution in [2.75, 3.05) is 32.8 Å². The van der Waals surface area contributed by atoms with E-state index in [1.54, 1.807) is 11.0 Å². The summed E-state index contributed by atoms with van der Waals surface area (Å²) in [6.07, 6.45) is 2.03. The van der Waals surface area contributed by atoms with Gasteiger partial charge in [0.25, 0.3) is 5.91 Å². The maximum absolute atomic E-state index is 12.8. The first-order valence-corrected chi connectivity index (χ1v) is 8.90. The summed E-state index contributed by atoms with van der Waals surface area (Å²) in [4.78, 5) is 28.6. The SMILES string of the molecule is CCOc1cc(C)c(C(=O)N2CCN(C(=O)C3CC3)CC2)cc1Cl. The Morgan fingerprint density at radius 2 is 1.79 bits per heavy atom. The van der Waals surface area contributed by atoms with Gasteiger partial charge in [0.15, 0.2) is 0 Å². The highest BCUT2D eigenvalue weighted by Crippen LogP contribution is 2.32. The Balaban J connectivity index is 1.66. The Morgan fingerprint density at radius 3 is 2.38 bits per heavy atom. The predicted octanol–water partition coefficient (Wildman–Crippen LogP) is 2.74. The first-order chi connectivity index (χ1) is 11.5. The molecule has 2 fully saturated rings. The lowest BCUT2D eigenvalue weighted by Gasteiger charge is -2.35. The van der Waals surface area contributed by atoms with Gasteiger partial charge in [-0.15, -0.1) is 0 Å². The molecule has 1 heterocycles. The molecule has 0 unspecified atom stereocenters. The smallest absolute Gasteiger partial charge is 0.254 e. The van der Waals surface area contributed by atoms with Crippen LogP contribution in [0.3, 0.4) is 0 Å². The molecular formula is C18H23ClN2O3. The van der Waals surface area contributed by atoms with Gasteiger partial charge in [0.1, 0.15) is 5.75 Å². The van der Waals surface area contributed by atoms with E-state index in [1.807, 2.05) is 24.8 Å². The maximum Gasteiger partial charge on any atom is 0.254 e. The number of rotatable bonds is 4. The van der Waals surface area contributed by atoms with Crippen molar-refractivity contribution in [3.05, 3.63) is 28.3 Å². The number of hydrogen-bond acceptors (Lipinski definition) is 3. The van der Waals surface area contributed by atoms with Gasteiger partial charge >= 0.3 is 0 Å². The van der Waals surface area contributed by atoms with Gasteiger partial charge in [-0.05, 0) is 44.4 Å². The lowest BCUT2D eigenvalue weighted by Crippen LogP contribution is -2.51. The zero-order valence-corrected chi connectivity index (χ0v) is 14.9. The van der Waals surface area contributed by atoms with E-state index >= 15 is 0 Å². The number of carbonyl (C=O) groups excluding carboxylic acids is 2. The second kappa shape index (κ2) is 7.01. The van der Waals surface area contributed by atoms with Gasteiger partial charge in [0.2, 0.25) is 5.91 Å². The average molecular weight is 351 g/mol. The van der Waals surface area contributed by atoms with Crippen LogP contribution < -0.4 is 4.74 Å². The number of piperazine rings is 1. The number of ether oxygens (including phenoxy) is 1. The number of nitrogens with zero attached hydrogens (tertiary/aromatic N) is 2. The van der Waals surface area contributed by atoms with Crippen LogP contribution in [0.25, 0.3) is 0 Å². The maximum atomic E-state index is 12.8. The third kappa shape index (κ3) is 3.51. The van der Waals surface area contributed by atoms with E-state index in [0.29, 0.717) is 49.1 Å². The molecule has 1 saturated heterocycles. The molecule has 0 bridgehead atoms. The first kappa shape index (κ1) is 17.1. The molecule has 0 spiro atoms. The lowest BCUT2D eigenvalue weighted by molar-refractivity contribution is -0.134. The number of amides is 2. The fourth-order valence-electron chi connectivity index (χ4n) is 3.04. The number of benzene rings is 1. The van der Waals surface area contributed by atoms with Crippen molar-refractivity contribution in [3.8, 4) is 5.75 Å². The zero-order valence-electron chi connectivity index (χ0n) is 14.2. The fraction of sp³-hybridized carbons (Fsp3) is 0.556. The van der Waals surface area contributed by atoms with Gasteiger partial charge in [-0.25, -0.2) is 0 Å². The molecule has 1 aromatic carbocycles. The summed E-state index contributed by atoms with van der Waals surface area (Å²) < 4.78 is 5.47. The van der Waals surface area contributed by atoms with Crippen LogP contribution in [0.1, 0.15) is 35.7 Å². The topological polar surface area (TPSA) is 49.9 Å². The molecule has 130 valence electrons. The van der Waals surface area contributed by atoms with Crippen molar-refractivity contribution in [1.82, 2.24) is 9.80 Å². The van der Waals surface area contributed by atoms with Gasteiger partial charge in [-0.1, -0.05) is 11.6 Å². The predicted molar refractivity (Wildman–Crippen MR) is 92.6 cm³/mol. The Labute approximate surface area is 147 Å².